The monoisotopic (exact) mass is 266 g/mol. The van der Waals surface area contributed by atoms with Crippen molar-refractivity contribution in [3.05, 3.63) is 18.7 Å². The lowest BCUT2D eigenvalue weighted by Gasteiger charge is -2.31. The third kappa shape index (κ3) is 5.30. The van der Waals surface area contributed by atoms with Crippen LogP contribution < -0.4 is 5.73 Å². The van der Waals surface area contributed by atoms with Crippen molar-refractivity contribution in [2.24, 2.45) is 5.73 Å². The SMILES string of the molecule is NCCCOC1CCN(CCCn2ccnc2)CC1. The fourth-order valence-corrected chi connectivity index (χ4v) is 2.53. The fraction of sp³-hybridized carbons (Fsp3) is 0.786. The maximum atomic E-state index is 5.82. The molecule has 1 saturated heterocycles. The van der Waals surface area contributed by atoms with E-state index in [1.54, 1.807) is 0 Å². The molecule has 0 aliphatic carbocycles. The minimum absolute atomic E-state index is 0.455. The van der Waals surface area contributed by atoms with Gasteiger partial charge in [-0.1, -0.05) is 0 Å². The summed E-state index contributed by atoms with van der Waals surface area (Å²) in [7, 11) is 0. The maximum absolute atomic E-state index is 5.82. The topological polar surface area (TPSA) is 56.3 Å². The highest BCUT2D eigenvalue weighted by Gasteiger charge is 2.18. The molecule has 0 amide bonds. The van der Waals surface area contributed by atoms with E-state index in [1.165, 1.54) is 13.0 Å². The molecule has 2 N–H and O–H groups in total. The van der Waals surface area contributed by atoms with Gasteiger partial charge in [0.05, 0.1) is 12.4 Å². The molecule has 5 heteroatoms. The molecule has 0 atom stereocenters. The molecule has 0 radical (unpaired) electrons. The van der Waals surface area contributed by atoms with Gasteiger partial charge in [-0.2, -0.15) is 0 Å². The second-order valence-electron chi connectivity index (χ2n) is 5.21. The van der Waals surface area contributed by atoms with Crippen LogP contribution in [0.4, 0.5) is 0 Å². The first-order valence-corrected chi connectivity index (χ1v) is 7.38. The first kappa shape index (κ1) is 14.5. The van der Waals surface area contributed by atoms with Gasteiger partial charge in [-0.25, -0.2) is 4.98 Å². The van der Waals surface area contributed by atoms with E-state index in [9.17, 15) is 0 Å². The number of likely N-dealkylation sites (tertiary alicyclic amines) is 1. The molecule has 19 heavy (non-hydrogen) atoms. The van der Waals surface area contributed by atoms with Crippen LogP contribution in [-0.2, 0) is 11.3 Å². The summed E-state index contributed by atoms with van der Waals surface area (Å²) in [4.78, 5) is 6.60. The lowest BCUT2D eigenvalue weighted by atomic mass is 10.1. The van der Waals surface area contributed by atoms with E-state index in [2.05, 4.69) is 14.5 Å². The Morgan fingerprint density at radius 1 is 1.21 bits per heavy atom. The quantitative estimate of drug-likeness (QED) is 0.716. The Balaban J connectivity index is 1.53. The van der Waals surface area contributed by atoms with Crippen molar-refractivity contribution in [2.75, 3.05) is 32.8 Å². The normalized spacial score (nSPS) is 17.9. The second kappa shape index (κ2) is 8.30. The summed E-state index contributed by atoms with van der Waals surface area (Å²) < 4.78 is 7.96. The third-order valence-electron chi connectivity index (χ3n) is 3.69. The Morgan fingerprint density at radius 2 is 2.05 bits per heavy atom. The number of hydrogen-bond donors (Lipinski definition) is 1. The molecular formula is C14H26N4O. The number of ether oxygens (including phenoxy) is 1. The second-order valence-corrected chi connectivity index (χ2v) is 5.21. The minimum atomic E-state index is 0.455. The molecule has 5 nitrogen and oxygen atoms in total. The number of nitrogens with two attached hydrogens (primary N) is 1. The molecule has 1 aliphatic heterocycles. The Hall–Kier alpha value is -0.910. The van der Waals surface area contributed by atoms with Gasteiger partial charge in [-0.3, -0.25) is 0 Å². The van der Waals surface area contributed by atoms with Gasteiger partial charge < -0.3 is 19.9 Å². The van der Waals surface area contributed by atoms with E-state index in [4.69, 9.17) is 10.5 Å². The zero-order valence-corrected chi connectivity index (χ0v) is 11.7. The van der Waals surface area contributed by atoms with Crippen molar-refractivity contribution in [3.63, 3.8) is 0 Å². The first-order chi connectivity index (χ1) is 9.38. The van der Waals surface area contributed by atoms with E-state index in [1.807, 2.05) is 18.7 Å². The average Bonchev–Trinajstić information content (AvgIpc) is 2.94. The fourth-order valence-electron chi connectivity index (χ4n) is 2.53. The Bertz CT molecular complexity index is 320. The zero-order valence-electron chi connectivity index (χ0n) is 11.7. The van der Waals surface area contributed by atoms with Gasteiger partial charge in [-0.05, 0) is 38.8 Å². The van der Waals surface area contributed by atoms with Crippen LogP contribution in [0, 0.1) is 0 Å². The molecule has 0 bridgehead atoms. The molecule has 0 unspecified atom stereocenters. The number of nitrogens with zero attached hydrogens (tertiary/aromatic N) is 3. The van der Waals surface area contributed by atoms with Crippen LogP contribution in [0.3, 0.4) is 0 Å². The van der Waals surface area contributed by atoms with E-state index in [0.717, 1.165) is 52.0 Å². The highest BCUT2D eigenvalue weighted by molar-refractivity contribution is 4.75. The summed E-state index contributed by atoms with van der Waals surface area (Å²) in [6.45, 7) is 6.12. The Morgan fingerprint density at radius 3 is 2.74 bits per heavy atom. The largest absolute Gasteiger partial charge is 0.378 e. The summed E-state index contributed by atoms with van der Waals surface area (Å²) in [5.74, 6) is 0. The van der Waals surface area contributed by atoms with E-state index >= 15 is 0 Å². The highest BCUT2D eigenvalue weighted by Crippen LogP contribution is 2.14. The van der Waals surface area contributed by atoms with Gasteiger partial charge in [0.2, 0.25) is 0 Å². The van der Waals surface area contributed by atoms with Crippen molar-refractivity contribution in [3.8, 4) is 0 Å². The first-order valence-electron chi connectivity index (χ1n) is 7.38. The number of rotatable bonds is 8. The highest BCUT2D eigenvalue weighted by atomic mass is 16.5. The predicted octanol–water partition coefficient (Wildman–Crippen LogP) is 1.10. The van der Waals surface area contributed by atoms with Crippen molar-refractivity contribution in [1.82, 2.24) is 14.5 Å². The van der Waals surface area contributed by atoms with Gasteiger partial charge in [0.25, 0.3) is 0 Å². The molecule has 108 valence electrons. The molecule has 1 fully saturated rings. The van der Waals surface area contributed by atoms with Crippen LogP contribution in [0.5, 0.6) is 0 Å². The number of piperidine rings is 1. The molecule has 0 saturated carbocycles. The van der Waals surface area contributed by atoms with E-state index in [0.29, 0.717) is 6.10 Å². The molecule has 2 heterocycles. The molecule has 2 rings (SSSR count). The van der Waals surface area contributed by atoms with Crippen molar-refractivity contribution >= 4 is 0 Å². The van der Waals surface area contributed by atoms with Gasteiger partial charge in [-0.15, -0.1) is 0 Å². The van der Waals surface area contributed by atoms with Crippen LogP contribution in [0.25, 0.3) is 0 Å². The summed E-state index contributed by atoms with van der Waals surface area (Å²) in [6, 6.07) is 0. The molecule has 0 aromatic carbocycles. The zero-order chi connectivity index (χ0) is 13.3. The summed E-state index contributed by atoms with van der Waals surface area (Å²) in [5.41, 5.74) is 5.47. The number of aryl methyl sites for hydroxylation is 1. The summed E-state index contributed by atoms with van der Waals surface area (Å²) in [5, 5.41) is 0. The Labute approximate surface area is 115 Å². The van der Waals surface area contributed by atoms with Gasteiger partial charge in [0.1, 0.15) is 0 Å². The lowest BCUT2D eigenvalue weighted by Crippen LogP contribution is -2.38. The number of aromatic nitrogens is 2. The van der Waals surface area contributed by atoms with E-state index in [-0.39, 0.29) is 0 Å². The number of hydrogen-bond acceptors (Lipinski definition) is 4. The summed E-state index contributed by atoms with van der Waals surface area (Å²) >= 11 is 0. The van der Waals surface area contributed by atoms with Crippen LogP contribution in [0.15, 0.2) is 18.7 Å². The maximum Gasteiger partial charge on any atom is 0.0945 e. The van der Waals surface area contributed by atoms with Gasteiger partial charge in [0.15, 0.2) is 0 Å². The molecule has 1 aromatic heterocycles. The lowest BCUT2D eigenvalue weighted by molar-refractivity contribution is 0.00693. The molecule has 1 aromatic rings. The van der Waals surface area contributed by atoms with Crippen LogP contribution in [-0.4, -0.2) is 53.3 Å². The van der Waals surface area contributed by atoms with Gasteiger partial charge >= 0.3 is 0 Å². The van der Waals surface area contributed by atoms with E-state index < -0.39 is 0 Å². The van der Waals surface area contributed by atoms with Crippen molar-refractivity contribution in [2.45, 2.75) is 38.3 Å². The summed E-state index contributed by atoms with van der Waals surface area (Å²) in [6.07, 6.45) is 10.7. The van der Waals surface area contributed by atoms with Crippen molar-refractivity contribution in [1.29, 1.82) is 0 Å². The minimum Gasteiger partial charge on any atom is -0.378 e. The average molecular weight is 266 g/mol. The van der Waals surface area contributed by atoms with Crippen molar-refractivity contribution < 1.29 is 4.74 Å². The smallest absolute Gasteiger partial charge is 0.0945 e. The number of imidazole rings is 1. The van der Waals surface area contributed by atoms with Crippen LogP contribution in [0.1, 0.15) is 25.7 Å². The molecular weight excluding hydrogens is 240 g/mol. The molecule has 1 aliphatic rings. The predicted molar refractivity (Wildman–Crippen MR) is 75.9 cm³/mol. The third-order valence-corrected chi connectivity index (χ3v) is 3.69. The Kier molecular flexibility index (Phi) is 6.33. The standard InChI is InChI=1S/C14H26N4O/c15-5-1-12-19-14-3-9-17(10-4-14)7-2-8-18-11-6-16-13-18/h6,11,13-14H,1-5,7-10,12,15H2. The van der Waals surface area contributed by atoms with Crippen LogP contribution >= 0.6 is 0 Å². The molecule has 0 spiro atoms. The van der Waals surface area contributed by atoms with Gasteiger partial charge in [0, 0.05) is 38.6 Å². The van der Waals surface area contributed by atoms with Crippen LogP contribution in [0.2, 0.25) is 0 Å².